The van der Waals surface area contributed by atoms with Gasteiger partial charge in [0.05, 0.1) is 22.8 Å². The zero-order valence-corrected chi connectivity index (χ0v) is 14.9. The summed E-state index contributed by atoms with van der Waals surface area (Å²) in [5, 5.41) is 0.290. The van der Waals surface area contributed by atoms with E-state index in [1.54, 1.807) is 6.07 Å². The van der Waals surface area contributed by atoms with Crippen LogP contribution in [0, 0.1) is 0 Å². The van der Waals surface area contributed by atoms with Gasteiger partial charge in [-0.25, -0.2) is 8.42 Å². The maximum atomic E-state index is 13.1. The molecule has 0 bridgehead atoms. The Morgan fingerprint density at radius 2 is 1.87 bits per heavy atom. The lowest BCUT2D eigenvalue weighted by Crippen LogP contribution is -2.35. The first-order valence-electron chi connectivity index (χ1n) is 7.01. The van der Waals surface area contributed by atoms with Crippen LogP contribution >= 0.6 is 23.2 Å². The highest BCUT2D eigenvalue weighted by Gasteiger charge is 2.37. The summed E-state index contributed by atoms with van der Waals surface area (Å²) in [5.41, 5.74) is 1.68. The molecule has 0 radical (unpaired) electrons. The quantitative estimate of drug-likeness (QED) is 0.814. The second-order valence-corrected chi connectivity index (χ2v) is 8.00. The molecule has 0 saturated heterocycles. The molecule has 0 aliphatic carbocycles. The van der Waals surface area contributed by atoms with Gasteiger partial charge in [-0.3, -0.25) is 4.31 Å². The SMILES string of the molecule is COc1cc(Cl)c(S(=O)(=O)N2c3ccccc3CC2C)cc1Cl. The van der Waals surface area contributed by atoms with Crippen molar-refractivity contribution in [3.63, 3.8) is 0 Å². The fourth-order valence-electron chi connectivity index (χ4n) is 2.87. The number of sulfonamides is 1. The second-order valence-electron chi connectivity index (χ2n) is 5.40. The maximum absolute atomic E-state index is 13.1. The molecule has 1 atom stereocenters. The van der Waals surface area contributed by atoms with Crippen molar-refractivity contribution in [1.82, 2.24) is 0 Å². The third kappa shape index (κ3) is 2.67. The number of halogens is 2. The third-order valence-corrected chi connectivity index (χ3v) is 6.58. The average Bonchev–Trinajstić information content (AvgIpc) is 2.85. The number of hydrogen-bond acceptors (Lipinski definition) is 3. The first-order chi connectivity index (χ1) is 10.9. The van der Waals surface area contributed by atoms with Crippen LogP contribution in [0.15, 0.2) is 41.3 Å². The van der Waals surface area contributed by atoms with Crippen LogP contribution in [0.3, 0.4) is 0 Å². The van der Waals surface area contributed by atoms with Gasteiger partial charge in [0.1, 0.15) is 10.6 Å². The number of fused-ring (bicyclic) bond motifs is 1. The molecule has 4 nitrogen and oxygen atoms in total. The van der Waals surface area contributed by atoms with Gasteiger partial charge in [-0.1, -0.05) is 41.4 Å². The van der Waals surface area contributed by atoms with Crippen molar-refractivity contribution in [3.05, 3.63) is 52.0 Å². The van der Waals surface area contributed by atoms with Gasteiger partial charge < -0.3 is 4.74 Å². The lowest BCUT2D eigenvalue weighted by Gasteiger charge is -2.25. The summed E-state index contributed by atoms with van der Waals surface area (Å²) in [4.78, 5) is -0.0199. The molecule has 0 fully saturated rings. The first-order valence-corrected chi connectivity index (χ1v) is 9.21. The summed E-state index contributed by atoms with van der Waals surface area (Å²) >= 11 is 12.3. The molecule has 1 aliphatic rings. The fraction of sp³-hybridized carbons (Fsp3) is 0.250. The zero-order valence-electron chi connectivity index (χ0n) is 12.6. The average molecular weight is 372 g/mol. The van der Waals surface area contributed by atoms with Crippen LogP contribution in [-0.4, -0.2) is 21.6 Å². The van der Waals surface area contributed by atoms with Gasteiger partial charge in [-0.15, -0.1) is 0 Å². The Balaban J connectivity index is 2.15. The number of nitrogens with zero attached hydrogens (tertiary/aromatic N) is 1. The number of hydrogen-bond donors (Lipinski definition) is 0. The minimum Gasteiger partial charge on any atom is -0.495 e. The van der Waals surface area contributed by atoms with Gasteiger partial charge in [-0.2, -0.15) is 0 Å². The molecule has 0 amide bonds. The minimum atomic E-state index is -3.82. The molecule has 2 aromatic carbocycles. The van der Waals surface area contributed by atoms with E-state index >= 15 is 0 Å². The van der Waals surface area contributed by atoms with Gasteiger partial charge in [0.15, 0.2) is 0 Å². The normalized spacial score (nSPS) is 17.2. The number of para-hydroxylation sites is 1. The Bertz CT molecular complexity index is 868. The summed E-state index contributed by atoms with van der Waals surface area (Å²) in [6.45, 7) is 1.87. The van der Waals surface area contributed by atoms with E-state index in [1.807, 2.05) is 25.1 Å². The molecular formula is C16H15Cl2NO3S. The predicted molar refractivity (Wildman–Crippen MR) is 92.3 cm³/mol. The van der Waals surface area contributed by atoms with Crippen LogP contribution in [0.1, 0.15) is 12.5 Å². The van der Waals surface area contributed by atoms with Crippen molar-refractivity contribution in [2.45, 2.75) is 24.3 Å². The molecule has 0 spiro atoms. The van der Waals surface area contributed by atoms with E-state index in [-0.39, 0.29) is 21.0 Å². The lowest BCUT2D eigenvalue weighted by molar-refractivity contribution is 0.414. The summed E-state index contributed by atoms with van der Waals surface area (Å²) in [7, 11) is -2.37. The number of anilines is 1. The number of benzene rings is 2. The molecule has 7 heteroatoms. The van der Waals surface area contributed by atoms with Gasteiger partial charge >= 0.3 is 0 Å². The van der Waals surface area contributed by atoms with E-state index in [2.05, 4.69) is 0 Å². The van der Waals surface area contributed by atoms with Crippen molar-refractivity contribution in [1.29, 1.82) is 0 Å². The van der Waals surface area contributed by atoms with Gasteiger partial charge in [0.25, 0.3) is 10.0 Å². The Labute approximate surface area is 145 Å². The molecule has 1 unspecified atom stereocenters. The second kappa shape index (κ2) is 5.89. The van der Waals surface area contributed by atoms with Crippen LogP contribution in [-0.2, 0) is 16.4 Å². The van der Waals surface area contributed by atoms with Gasteiger partial charge in [-0.05, 0) is 31.0 Å². The molecule has 122 valence electrons. The van der Waals surface area contributed by atoms with E-state index in [1.165, 1.54) is 23.5 Å². The monoisotopic (exact) mass is 371 g/mol. The molecule has 23 heavy (non-hydrogen) atoms. The Morgan fingerprint density at radius 3 is 2.57 bits per heavy atom. The molecule has 2 aromatic rings. The van der Waals surface area contributed by atoms with Crippen molar-refractivity contribution in [2.24, 2.45) is 0 Å². The Morgan fingerprint density at radius 1 is 1.17 bits per heavy atom. The van der Waals surface area contributed by atoms with Crippen LogP contribution < -0.4 is 9.04 Å². The fourth-order valence-corrected chi connectivity index (χ4v) is 5.39. The third-order valence-electron chi connectivity index (χ3n) is 3.89. The molecule has 3 rings (SSSR count). The Hall–Kier alpha value is -1.43. The number of ether oxygens (including phenoxy) is 1. The highest BCUT2D eigenvalue weighted by Crippen LogP contribution is 2.40. The van der Waals surface area contributed by atoms with E-state index < -0.39 is 10.0 Å². The summed E-state index contributed by atoms with van der Waals surface area (Å²) < 4.78 is 32.7. The van der Waals surface area contributed by atoms with Gasteiger partial charge in [0.2, 0.25) is 0 Å². The summed E-state index contributed by atoms with van der Waals surface area (Å²) in [6.07, 6.45) is 0.664. The first kappa shape index (κ1) is 16.4. The van der Waals surface area contributed by atoms with Crippen molar-refractivity contribution < 1.29 is 13.2 Å². The number of rotatable bonds is 3. The molecule has 1 aliphatic heterocycles. The standard InChI is InChI=1S/C16H15Cl2NO3S/c1-10-7-11-5-3-4-6-14(11)19(10)23(20,21)16-9-12(17)15(22-2)8-13(16)18/h3-6,8-10H,7H2,1-2H3. The number of methoxy groups -OCH3 is 1. The van der Waals surface area contributed by atoms with E-state index in [9.17, 15) is 8.42 Å². The minimum absolute atomic E-state index is 0.0199. The van der Waals surface area contributed by atoms with Gasteiger partial charge in [0, 0.05) is 12.1 Å². The van der Waals surface area contributed by atoms with Crippen LogP contribution in [0.2, 0.25) is 10.0 Å². The molecular weight excluding hydrogens is 357 g/mol. The predicted octanol–water partition coefficient (Wildman–Crippen LogP) is 4.14. The van der Waals surface area contributed by atoms with Crippen molar-refractivity contribution in [3.8, 4) is 5.75 Å². The zero-order chi connectivity index (χ0) is 16.8. The Kier molecular flexibility index (Phi) is 4.21. The van der Waals surface area contributed by atoms with Crippen LogP contribution in [0.25, 0.3) is 0 Å². The van der Waals surface area contributed by atoms with Crippen molar-refractivity contribution in [2.75, 3.05) is 11.4 Å². The van der Waals surface area contributed by atoms with Crippen LogP contribution in [0.4, 0.5) is 5.69 Å². The highest BCUT2D eigenvalue weighted by molar-refractivity contribution is 7.93. The largest absolute Gasteiger partial charge is 0.495 e. The molecule has 0 aromatic heterocycles. The van der Waals surface area contributed by atoms with E-state index in [4.69, 9.17) is 27.9 Å². The molecule has 0 N–H and O–H groups in total. The summed E-state index contributed by atoms with van der Waals surface area (Å²) in [5.74, 6) is 0.338. The van der Waals surface area contributed by atoms with Crippen molar-refractivity contribution >= 4 is 38.9 Å². The highest BCUT2D eigenvalue weighted by atomic mass is 35.5. The maximum Gasteiger partial charge on any atom is 0.266 e. The van der Waals surface area contributed by atoms with Crippen LogP contribution in [0.5, 0.6) is 5.75 Å². The summed E-state index contributed by atoms with van der Waals surface area (Å²) in [6, 6.07) is 10.0. The molecule has 1 heterocycles. The molecule has 0 saturated carbocycles. The topological polar surface area (TPSA) is 46.6 Å². The van der Waals surface area contributed by atoms with E-state index in [0.717, 1.165) is 5.56 Å². The smallest absolute Gasteiger partial charge is 0.266 e. The van der Waals surface area contributed by atoms with E-state index in [0.29, 0.717) is 17.9 Å². The lowest BCUT2D eigenvalue weighted by atomic mass is 10.1.